The molecule has 0 unspecified atom stereocenters. The fraction of sp³-hybridized carbons (Fsp3) is 0.556. The second-order valence-electron chi connectivity index (χ2n) is 6.11. The van der Waals surface area contributed by atoms with Crippen molar-refractivity contribution in [1.29, 1.82) is 0 Å². The number of carbonyl (C=O) groups excluding carboxylic acids is 1. The van der Waals surface area contributed by atoms with Crippen molar-refractivity contribution in [2.45, 2.75) is 32.1 Å². The van der Waals surface area contributed by atoms with Gasteiger partial charge in [0.25, 0.3) is 0 Å². The quantitative estimate of drug-likeness (QED) is 0.798. The molecule has 1 aromatic rings. The standard InChI is InChI=1S/C18H25NO5/c1-23-15-8-7-12(16(11-15)24-2)9-10-19-17(20)13-3-5-14(6-4-13)18(21)22/h7-8,11,13-14H,3-6,9-10H2,1-2H3,(H,19,20)(H,21,22). The van der Waals surface area contributed by atoms with Gasteiger partial charge in [0.2, 0.25) is 5.91 Å². The molecule has 24 heavy (non-hydrogen) atoms. The van der Waals surface area contributed by atoms with Gasteiger partial charge in [-0.15, -0.1) is 0 Å². The normalized spacial score (nSPS) is 20.2. The zero-order valence-electron chi connectivity index (χ0n) is 14.2. The summed E-state index contributed by atoms with van der Waals surface area (Å²) in [7, 11) is 3.21. The average Bonchev–Trinajstić information content (AvgIpc) is 2.61. The van der Waals surface area contributed by atoms with Gasteiger partial charge in [0.05, 0.1) is 20.1 Å². The Morgan fingerprint density at radius 3 is 2.38 bits per heavy atom. The average molecular weight is 335 g/mol. The van der Waals surface area contributed by atoms with Gasteiger partial charge in [0, 0.05) is 18.5 Å². The number of carbonyl (C=O) groups is 2. The molecule has 0 aliphatic heterocycles. The number of aliphatic carboxylic acids is 1. The Balaban J connectivity index is 1.80. The lowest BCUT2D eigenvalue weighted by molar-refractivity contribution is -0.144. The number of carboxylic acids is 1. The Kier molecular flexibility index (Phi) is 6.46. The number of ether oxygens (including phenoxy) is 2. The summed E-state index contributed by atoms with van der Waals surface area (Å²) >= 11 is 0. The number of methoxy groups -OCH3 is 2. The van der Waals surface area contributed by atoms with Crippen LogP contribution in [-0.2, 0) is 16.0 Å². The summed E-state index contributed by atoms with van der Waals surface area (Å²) in [4.78, 5) is 23.2. The van der Waals surface area contributed by atoms with E-state index in [-0.39, 0.29) is 17.7 Å². The molecule has 1 aromatic carbocycles. The molecule has 0 heterocycles. The smallest absolute Gasteiger partial charge is 0.306 e. The van der Waals surface area contributed by atoms with Crippen LogP contribution >= 0.6 is 0 Å². The van der Waals surface area contributed by atoms with E-state index in [1.54, 1.807) is 14.2 Å². The van der Waals surface area contributed by atoms with Crippen molar-refractivity contribution in [3.8, 4) is 11.5 Å². The van der Waals surface area contributed by atoms with Crippen LogP contribution in [0.3, 0.4) is 0 Å². The molecule has 6 nitrogen and oxygen atoms in total. The van der Waals surface area contributed by atoms with Gasteiger partial charge >= 0.3 is 5.97 Å². The van der Waals surface area contributed by atoms with Crippen LogP contribution in [0.5, 0.6) is 11.5 Å². The van der Waals surface area contributed by atoms with Crippen molar-refractivity contribution >= 4 is 11.9 Å². The third-order valence-electron chi connectivity index (χ3n) is 4.64. The Hall–Kier alpha value is -2.24. The Morgan fingerprint density at radius 1 is 1.12 bits per heavy atom. The SMILES string of the molecule is COc1ccc(CCNC(=O)C2CCC(C(=O)O)CC2)c(OC)c1. The Bertz CT molecular complexity index is 579. The molecule has 2 N–H and O–H groups in total. The van der Waals surface area contributed by atoms with E-state index in [1.165, 1.54) is 0 Å². The zero-order valence-corrected chi connectivity index (χ0v) is 14.2. The molecule has 0 atom stereocenters. The summed E-state index contributed by atoms with van der Waals surface area (Å²) < 4.78 is 10.5. The molecule has 0 bridgehead atoms. The van der Waals surface area contributed by atoms with Gasteiger partial charge in [0.15, 0.2) is 0 Å². The molecule has 0 radical (unpaired) electrons. The lowest BCUT2D eigenvalue weighted by Crippen LogP contribution is -2.35. The van der Waals surface area contributed by atoms with Gasteiger partial charge in [-0.3, -0.25) is 9.59 Å². The van der Waals surface area contributed by atoms with Crippen molar-refractivity contribution in [3.63, 3.8) is 0 Å². The zero-order chi connectivity index (χ0) is 17.5. The third kappa shape index (κ3) is 4.63. The van der Waals surface area contributed by atoms with Gasteiger partial charge in [0.1, 0.15) is 11.5 Å². The summed E-state index contributed by atoms with van der Waals surface area (Å²) in [5, 5.41) is 11.9. The van der Waals surface area contributed by atoms with Gasteiger partial charge in [-0.1, -0.05) is 6.07 Å². The van der Waals surface area contributed by atoms with E-state index in [0.717, 1.165) is 17.1 Å². The van der Waals surface area contributed by atoms with E-state index in [0.29, 0.717) is 38.6 Å². The molecule has 0 spiro atoms. The minimum atomic E-state index is -0.750. The minimum absolute atomic E-state index is 0.0197. The highest BCUT2D eigenvalue weighted by atomic mass is 16.5. The Labute approximate surface area is 142 Å². The summed E-state index contributed by atoms with van der Waals surface area (Å²) in [6, 6.07) is 5.62. The van der Waals surface area contributed by atoms with Crippen LogP contribution in [0.1, 0.15) is 31.2 Å². The van der Waals surface area contributed by atoms with Gasteiger partial charge < -0.3 is 19.9 Å². The number of rotatable bonds is 7. The third-order valence-corrected chi connectivity index (χ3v) is 4.64. The highest BCUT2D eigenvalue weighted by molar-refractivity contribution is 5.79. The summed E-state index contributed by atoms with van der Waals surface area (Å²) in [5.41, 5.74) is 1.01. The largest absolute Gasteiger partial charge is 0.497 e. The molecule has 132 valence electrons. The van der Waals surface area contributed by atoms with E-state index in [9.17, 15) is 9.59 Å². The molecule has 0 aromatic heterocycles. The van der Waals surface area contributed by atoms with Crippen LogP contribution in [0, 0.1) is 11.8 Å². The molecule has 1 aliphatic carbocycles. The highest BCUT2D eigenvalue weighted by Gasteiger charge is 2.29. The predicted octanol–water partition coefficient (Wildman–Crippen LogP) is 2.25. The first-order chi connectivity index (χ1) is 11.5. The molecule has 1 saturated carbocycles. The molecular weight excluding hydrogens is 310 g/mol. The lowest BCUT2D eigenvalue weighted by Gasteiger charge is -2.25. The van der Waals surface area contributed by atoms with Crippen LogP contribution < -0.4 is 14.8 Å². The van der Waals surface area contributed by atoms with Gasteiger partial charge in [-0.2, -0.15) is 0 Å². The van der Waals surface area contributed by atoms with Crippen molar-refractivity contribution in [2.75, 3.05) is 20.8 Å². The number of carboxylic acid groups (broad SMARTS) is 1. The van der Waals surface area contributed by atoms with Gasteiger partial charge in [-0.25, -0.2) is 0 Å². The Morgan fingerprint density at radius 2 is 1.79 bits per heavy atom. The maximum atomic E-state index is 12.2. The second kappa shape index (κ2) is 8.57. The van der Waals surface area contributed by atoms with Crippen molar-refractivity contribution in [3.05, 3.63) is 23.8 Å². The van der Waals surface area contributed by atoms with E-state index >= 15 is 0 Å². The van der Waals surface area contributed by atoms with E-state index in [2.05, 4.69) is 5.32 Å². The maximum Gasteiger partial charge on any atom is 0.306 e. The topological polar surface area (TPSA) is 84.9 Å². The summed E-state index contributed by atoms with van der Waals surface area (Å²) in [5.74, 6) is 0.378. The number of benzene rings is 1. The van der Waals surface area contributed by atoms with Crippen LogP contribution in [0.15, 0.2) is 18.2 Å². The van der Waals surface area contributed by atoms with Crippen LogP contribution in [0.4, 0.5) is 0 Å². The van der Waals surface area contributed by atoms with E-state index in [4.69, 9.17) is 14.6 Å². The van der Waals surface area contributed by atoms with Crippen LogP contribution in [-0.4, -0.2) is 37.7 Å². The fourth-order valence-corrected chi connectivity index (χ4v) is 3.13. The van der Waals surface area contributed by atoms with Crippen molar-refractivity contribution < 1.29 is 24.2 Å². The van der Waals surface area contributed by atoms with E-state index in [1.807, 2.05) is 18.2 Å². The first kappa shape index (κ1) is 18.1. The van der Waals surface area contributed by atoms with Crippen molar-refractivity contribution in [1.82, 2.24) is 5.32 Å². The lowest BCUT2D eigenvalue weighted by atomic mass is 9.81. The molecule has 1 fully saturated rings. The molecule has 0 saturated heterocycles. The van der Waals surface area contributed by atoms with Gasteiger partial charge in [-0.05, 0) is 43.7 Å². The highest BCUT2D eigenvalue weighted by Crippen LogP contribution is 2.29. The second-order valence-corrected chi connectivity index (χ2v) is 6.11. The fourth-order valence-electron chi connectivity index (χ4n) is 3.13. The summed E-state index contributed by atoms with van der Waals surface area (Å²) in [6.45, 7) is 0.528. The first-order valence-electron chi connectivity index (χ1n) is 8.26. The summed E-state index contributed by atoms with van der Waals surface area (Å²) in [6.07, 6.45) is 3.13. The van der Waals surface area contributed by atoms with Crippen LogP contribution in [0.25, 0.3) is 0 Å². The molecule has 6 heteroatoms. The molecule has 1 aliphatic rings. The van der Waals surface area contributed by atoms with Crippen LogP contribution in [0.2, 0.25) is 0 Å². The first-order valence-corrected chi connectivity index (χ1v) is 8.26. The minimum Gasteiger partial charge on any atom is -0.497 e. The molecular formula is C18H25NO5. The van der Waals surface area contributed by atoms with E-state index < -0.39 is 5.97 Å². The number of hydrogen-bond donors (Lipinski definition) is 2. The monoisotopic (exact) mass is 335 g/mol. The number of amides is 1. The number of nitrogens with one attached hydrogen (secondary N) is 1. The molecule has 2 rings (SSSR count). The number of hydrogen-bond acceptors (Lipinski definition) is 4. The maximum absolute atomic E-state index is 12.2. The predicted molar refractivity (Wildman–Crippen MR) is 89.3 cm³/mol. The van der Waals surface area contributed by atoms with Crippen molar-refractivity contribution in [2.24, 2.45) is 11.8 Å². The molecule has 1 amide bonds.